The van der Waals surface area contributed by atoms with Crippen LogP contribution in [0, 0.1) is 47.3 Å². The smallest absolute Gasteiger partial charge is 0.238 e. The Kier molecular flexibility index (Phi) is 3.59. The van der Waals surface area contributed by atoms with Gasteiger partial charge < -0.3 is 0 Å². The van der Waals surface area contributed by atoms with Crippen molar-refractivity contribution < 1.29 is 19.2 Å². The van der Waals surface area contributed by atoms with Gasteiger partial charge in [-0.25, -0.2) is 9.80 Å². The number of allylic oxidation sites excluding steroid dienone is 4. The molecule has 0 spiro atoms. The number of benzene rings is 2. The molecule has 0 N–H and O–H groups in total. The topological polar surface area (TPSA) is 74.8 Å². The van der Waals surface area contributed by atoms with Gasteiger partial charge in [-0.2, -0.15) is 0 Å². The number of amides is 4. The fourth-order valence-corrected chi connectivity index (χ4v) is 8.74. The second kappa shape index (κ2) is 6.55. The first-order chi connectivity index (χ1) is 18.0. The van der Waals surface area contributed by atoms with E-state index >= 15 is 0 Å². The van der Waals surface area contributed by atoms with Gasteiger partial charge in [-0.1, -0.05) is 36.4 Å². The molecule has 7 aliphatic rings. The lowest BCUT2D eigenvalue weighted by Crippen LogP contribution is -2.33. The molecule has 2 heterocycles. The molecule has 2 saturated carbocycles. The number of carbonyl (C=O) groups is 4. The van der Waals surface area contributed by atoms with E-state index in [0.29, 0.717) is 11.4 Å². The highest BCUT2D eigenvalue weighted by Crippen LogP contribution is 2.55. The zero-order valence-corrected chi connectivity index (χ0v) is 20.0. The van der Waals surface area contributed by atoms with Gasteiger partial charge in [0.25, 0.3) is 0 Å². The van der Waals surface area contributed by atoms with Crippen molar-refractivity contribution in [2.75, 3.05) is 9.80 Å². The number of hydrogen-bond acceptors (Lipinski definition) is 4. The van der Waals surface area contributed by atoms with Gasteiger partial charge in [-0.15, -0.1) is 0 Å². The molecular formula is C31H24N2O4. The Morgan fingerprint density at radius 2 is 0.865 bits per heavy atom. The van der Waals surface area contributed by atoms with Crippen LogP contribution in [-0.4, -0.2) is 23.6 Å². The Labute approximate surface area is 213 Å². The Balaban J connectivity index is 1.08. The Morgan fingerprint density at radius 1 is 0.514 bits per heavy atom. The summed E-state index contributed by atoms with van der Waals surface area (Å²) in [5.41, 5.74) is 5.41. The number of fused-ring (bicyclic) bond motifs is 13. The molecule has 2 aromatic carbocycles. The van der Waals surface area contributed by atoms with E-state index in [1.807, 2.05) is 36.4 Å². The summed E-state index contributed by atoms with van der Waals surface area (Å²) in [4.78, 5) is 56.3. The van der Waals surface area contributed by atoms with Crippen LogP contribution in [-0.2, 0) is 25.6 Å². The quantitative estimate of drug-likeness (QED) is 0.405. The van der Waals surface area contributed by atoms with Crippen molar-refractivity contribution in [1.29, 1.82) is 0 Å². The van der Waals surface area contributed by atoms with Crippen LogP contribution in [0.25, 0.3) is 11.1 Å². The van der Waals surface area contributed by atoms with E-state index < -0.39 is 0 Å². The molecule has 2 aromatic rings. The lowest BCUT2D eigenvalue weighted by Gasteiger charge is -2.19. The van der Waals surface area contributed by atoms with E-state index in [1.165, 1.54) is 9.80 Å². The fourth-order valence-electron chi connectivity index (χ4n) is 8.74. The average Bonchev–Trinajstić information content (AvgIpc) is 3.74. The molecule has 6 nitrogen and oxygen atoms in total. The standard InChI is InChI=1S/C31H24N2O4/c34-28-24-16-1-2-17(10-16)25(24)29(35)32(28)20-7-5-14-9-15-6-8-21(13-23(15)22(14)12-20)33-30(36)26-18-3-4-19(11-18)27(26)31(33)37/h1-8,12-13,16-19,24-27H,9-11H2/t16-,17-,18-,19+,24-,25+,26-,27-/m0/s1. The molecule has 0 aromatic heterocycles. The zero-order valence-electron chi connectivity index (χ0n) is 20.0. The molecule has 4 fully saturated rings. The van der Waals surface area contributed by atoms with Gasteiger partial charge in [-0.3, -0.25) is 19.2 Å². The molecular weight excluding hydrogens is 464 g/mol. The maximum atomic E-state index is 13.4. The molecule has 6 heteroatoms. The van der Waals surface area contributed by atoms with Crippen molar-refractivity contribution in [3.63, 3.8) is 0 Å². The molecule has 0 radical (unpaired) electrons. The molecule has 9 rings (SSSR count). The van der Waals surface area contributed by atoms with Crippen LogP contribution < -0.4 is 9.80 Å². The number of anilines is 2. The largest absolute Gasteiger partial charge is 0.274 e. The first kappa shape index (κ1) is 20.3. The molecule has 4 bridgehead atoms. The first-order valence-corrected chi connectivity index (χ1v) is 13.4. The van der Waals surface area contributed by atoms with Crippen molar-refractivity contribution in [3.05, 3.63) is 71.8 Å². The van der Waals surface area contributed by atoms with Crippen LogP contribution in [0.2, 0.25) is 0 Å². The SMILES string of the molecule is O=C1[C@@H]2[C@@H](C(=O)N1c1ccc3c(c1)-c1cc(N4C(=O)[C@@H]5[C@H](C4=O)[C@H]4C=C[C@H]5C4)ccc1C3)[C@H]1C=C[C@@H]2C1. The monoisotopic (exact) mass is 488 g/mol. The van der Waals surface area contributed by atoms with Crippen LogP contribution >= 0.6 is 0 Å². The fraction of sp³-hybridized carbons (Fsp3) is 0.355. The molecule has 37 heavy (non-hydrogen) atoms. The van der Waals surface area contributed by atoms with Crippen LogP contribution in [0.15, 0.2) is 60.7 Å². The molecule has 8 atom stereocenters. The predicted octanol–water partition coefficient (Wildman–Crippen LogP) is 3.88. The van der Waals surface area contributed by atoms with Crippen molar-refractivity contribution in [1.82, 2.24) is 0 Å². The number of imide groups is 2. The summed E-state index contributed by atoms with van der Waals surface area (Å²) >= 11 is 0. The summed E-state index contributed by atoms with van der Waals surface area (Å²) in [6, 6.07) is 11.7. The number of rotatable bonds is 2. The van der Waals surface area contributed by atoms with Crippen molar-refractivity contribution in [3.8, 4) is 11.1 Å². The highest BCUT2D eigenvalue weighted by Gasteiger charge is 2.60. The van der Waals surface area contributed by atoms with Crippen molar-refractivity contribution >= 4 is 35.0 Å². The third-order valence-electron chi connectivity index (χ3n) is 10.3. The van der Waals surface area contributed by atoms with Crippen LogP contribution in [0.5, 0.6) is 0 Å². The Bertz CT molecular complexity index is 1390. The van der Waals surface area contributed by atoms with E-state index in [-0.39, 0.29) is 71.0 Å². The van der Waals surface area contributed by atoms with Gasteiger partial charge in [0.05, 0.1) is 35.0 Å². The summed E-state index contributed by atoms with van der Waals surface area (Å²) < 4.78 is 0. The lowest BCUT2D eigenvalue weighted by molar-refractivity contribution is -0.124. The highest BCUT2D eigenvalue weighted by molar-refractivity contribution is 6.24. The molecule has 182 valence electrons. The molecule has 5 aliphatic carbocycles. The lowest BCUT2D eigenvalue weighted by atomic mass is 9.85. The minimum atomic E-state index is -0.230. The first-order valence-electron chi connectivity index (χ1n) is 13.4. The maximum absolute atomic E-state index is 13.4. The van der Waals surface area contributed by atoms with Gasteiger partial charge >= 0.3 is 0 Å². The minimum Gasteiger partial charge on any atom is -0.274 e. The van der Waals surface area contributed by atoms with E-state index in [2.05, 4.69) is 24.3 Å². The third-order valence-corrected chi connectivity index (χ3v) is 10.3. The molecule has 2 aliphatic heterocycles. The maximum Gasteiger partial charge on any atom is 0.238 e. The van der Waals surface area contributed by atoms with Crippen molar-refractivity contribution in [2.24, 2.45) is 47.3 Å². The van der Waals surface area contributed by atoms with E-state index in [4.69, 9.17) is 0 Å². The normalized spacial score (nSPS) is 37.3. The van der Waals surface area contributed by atoms with E-state index in [1.54, 1.807) is 0 Å². The summed E-state index contributed by atoms with van der Waals surface area (Å²) in [5.74, 6) is -0.546. The summed E-state index contributed by atoms with van der Waals surface area (Å²) in [6.45, 7) is 0. The minimum absolute atomic E-state index is 0.0817. The van der Waals surface area contributed by atoms with E-state index in [0.717, 1.165) is 41.5 Å². The second-order valence-corrected chi connectivity index (χ2v) is 11.9. The van der Waals surface area contributed by atoms with Crippen LogP contribution in [0.1, 0.15) is 24.0 Å². The van der Waals surface area contributed by atoms with Crippen LogP contribution in [0.3, 0.4) is 0 Å². The summed E-state index contributed by atoms with van der Waals surface area (Å²) in [5, 5.41) is 0. The summed E-state index contributed by atoms with van der Waals surface area (Å²) in [7, 11) is 0. The second-order valence-electron chi connectivity index (χ2n) is 11.9. The predicted molar refractivity (Wildman–Crippen MR) is 135 cm³/mol. The number of carbonyl (C=O) groups excluding carboxylic acids is 4. The van der Waals surface area contributed by atoms with E-state index in [9.17, 15) is 19.2 Å². The van der Waals surface area contributed by atoms with Gasteiger partial charge in [0.15, 0.2) is 0 Å². The molecule has 0 unspecified atom stereocenters. The zero-order chi connectivity index (χ0) is 24.7. The molecule has 4 amide bonds. The van der Waals surface area contributed by atoms with Crippen LogP contribution in [0.4, 0.5) is 11.4 Å². The van der Waals surface area contributed by atoms with Gasteiger partial charge in [0, 0.05) is 0 Å². The Hall–Kier alpha value is -3.80. The average molecular weight is 489 g/mol. The van der Waals surface area contributed by atoms with Crippen molar-refractivity contribution in [2.45, 2.75) is 19.3 Å². The van der Waals surface area contributed by atoms with Gasteiger partial charge in [0.1, 0.15) is 0 Å². The highest BCUT2D eigenvalue weighted by atomic mass is 16.2. The van der Waals surface area contributed by atoms with Gasteiger partial charge in [0.2, 0.25) is 23.6 Å². The molecule has 2 saturated heterocycles. The summed E-state index contributed by atoms with van der Waals surface area (Å²) in [6.07, 6.45) is 11.0. The number of hydrogen-bond donors (Lipinski definition) is 0. The number of nitrogens with zero attached hydrogens (tertiary/aromatic N) is 2. The third kappa shape index (κ3) is 2.33. The Morgan fingerprint density at radius 3 is 1.22 bits per heavy atom. The van der Waals surface area contributed by atoms with Gasteiger partial charge in [-0.05, 0) is 89.5 Å².